The lowest BCUT2D eigenvalue weighted by atomic mass is 10.0. The smallest absolute Gasteiger partial charge is 0.0705 e. The Balaban J connectivity index is 2.06. The summed E-state index contributed by atoms with van der Waals surface area (Å²) in [4.78, 5) is 4.41. The summed E-state index contributed by atoms with van der Waals surface area (Å²) in [6.45, 7) is 0. The van der Waals surface area contributed by atoms with Crippen molar-refractivity contribution in [1.29, 1.82) is 0 Å². The number of aryl methyl sites for hydroxylation is 1. The Hall–Kier alpha value is -2.20. The van der Waals surface area contributed by atoms with Gasteiger partial charge in [-0.15, -0.1) is 0 Å². The van der Waals surface area contributed by atoms with Crippen LogP contribution in [0.25, 0.3) is 10.9 Å². The van der Waals surface area contributed by atoms with Crippen LogP contribution in [0.5, 0.6) is 0 Å². The van der Waals surface area contributed by atoms with Crippen molar-refractivity contribution in [3.05, 3.63) is 60.0 Å². The van der Waals surface area contributed by atoms with Crippen LogP contribution in [-0.4, -0.2) is 21.8 Å². The molecule has 4 heteroatoms. The van der Waals surface area contributed by atoms with Crippen molar-refractivity contribution in [3.63, 3.8) is 0 Å². The molecule has 0 saturated carbocycles. The van der Waals surface area contributed by atoms with E-state index in [1.807, 2.05) is 43.4 Å². The highest BCUT2D eigenvalue weighted by Crippen LogP contribution is 2.24. The Morgan fingerprint density at radius 3 is 2.84 bits per heavy atom. The molecule has 1 N–H and O–H groups in total. The largest absolute Gasteiger partial charge is 0.309 e. The highest BCUT2D eigenvalue weighted by molar-refractivity contribution is 5.79. The fourth-order valence-electron chi connectivity index (χ4n) is 2.38. The molecule has 0 aliphatic carbocycles. The summed E-state index contributed by atoms with van der Waals surface area (Å²) in [5, 5.41) is 8.73. The first-order valence-corrected chi connectivity index (χ1v) is 6.28. The second-order valence-corrected chi connectivity index (χ2v) is 4.62. The zero-order valence-corrected chi connectivity index (χ0v) is 11.0. The van der Waals surface area contributed by atoms with Crippen LogP contribution in [0.15, 0.2) is 48.9 Å². The van der Waals surface area contributed by atoms with Crippen LogP contribution in [0.4, 0.5) is 0 Å². The predicted molar refractivity (Wildman–Crippen MR) is 75.9 cm³/mol. The monoisotopic (exact) mass is 252 g/mol. The minimum Gasteiger partial charge on any atom is -0.309 e. The first kappa shape index (κ1) is 11.9. The molecule has 0 spiro atoms. The molecule has 4 nitrogen and oxygen atoms in total. The van der Waals surface area contributed by atoms with Crippen LogP contribution in [0, 0.1) is 0 Å². The molecule has 2 aromatic heterocycles. The van der Waals surface area contributed by atoms with Gasteiger partial charge in [0, 0.05) is 30.4 Å². The molecule has 0 aliphatic rings. The average molecular weight is 252 g/mol. The predicted octanol–water partition coefficient (Wildman–Crippen LogP) is 2.28. The van der Waals surface area contributed by atoms with Crippen molar-refractivity contribution in [2.45, 2.75) is 6.04 Å². The van der Waals surface area contributed by atoms with Gasteiger partial charge in [-0.05, 0) is 24.7 Å². The Bertz CT molecular complexity index is 702. The molecule has 19 heavy (non-hydrogen) atoms. The number of hydrogen-bond acceptors (Lipinski definition) is 3. The Labute approximate surface area is 112 Å². The maximum atomic E-state index is 4.41. The number of nitrogens with zero attached hydrogens (tertiary/aromatic N) is 3. The summed E-state index contributed by atoms with van der Waals surface area (Å²) in [6.07, 6.45) is 5.75. The molecule has 1 aromatic carbocycles. The highest BCUT2D eigenvalue weighted by Gasteiger charge is 2.14. The lowest BCUT2D eigenvalue weighted by Gasteiger charge is -2.15. The number of benzene rings is 1. The zero-order chi connectivity index (χ0) is 13.2. The van der Waals surface area contributed by atoms with E-state index in [0.717, 1.165) is 16.5 Å². The van der Waals surface area contributed by atoms with Crippen molar-refractivity contribution in [2.75, 3.05) is 7.05 Å². The molecule has 3 rings (SSSR count). The van der Waals surface area contributed by atoms with Crippen molar-refractivity contribution in [2.24, 2.45) is 7.05 Å². The van der Waals surface area contributed by atoms with E-state index in [-0.39, 0.29) is 6.04 Å². The quantitative estimate of drug-likeness (QED) is 0.777. The minimum atomic E-state index is 0.139. The number of aromatic nitrogens is 3. The molecule has 0 aliphatic heterocycles. The molecule has 0 bridgehead atoms. The standard InChI is InChI=1S/C15H16N4/c1-16-15(13-9-18-19(2)10-13)12-6-5-11-4-3-7-17-14(11)8-12/h3-10,15-16H,1-2H3. The van der Waals surface area contributed by atoms with Gasteiger partial charge in [0.25, 0.3) is 0 Å². The average Bonchev–Trinajstić information content (AvgIpc) is 2.86. The van der Waals surface area contributed by atoms with Crippen LogP contribution in [-0.2, 0) is 7.05 Å². The van der Waals surface area contributed by atoms with Crippen molar-refractivity contribution in [1.82, 2.24) is 20.1 Å². The molecule has 1 unspecified atom stereocenters. The normalized spacial score (nSPS) is 12.7. The molecule has 0 radical (unpaired) electrons. The molecule has 0 amide bonds. The molecule has 0 saturated heterocycles. The van der Waals surface area contributed by atoms with Gasteiger partial charge < -0.3 is 5.32 Å². The Morgan fingerprint density at radius 2 is 2.11 bits per heavy atom. The number of fused-ring (bicyclic) bond motifs is 1. The topological polar surface area (TPSA) is 42.7 Å². The number of pyridine rings is 1. The lowest BCUT2D eigenvalue weighted by Crippen LogP contribution is -2.17. The van der Waals surface area contributed by atoms with Gasteiger partial charge in [0.15, 0.2) is 0 Å². The molecule has 1 atom stereocenters. The number of hydrogen-bond donors (Lipinski definition) is 1. The van der Waals surface area contributed by atoms with Crippen molar-refractivity contribution >= 4 is 10.9 Å². The van der Waals surface area contributed by atoms with Gasteiger partial charge in [0.05, 0.1) is 17.8 Å². The van der Waals surface area contributed by atoms with Gasteiger partial charge in [0.2, 0.25) is 0 Å². The van der Waals surface area contributed by atoms with Gasteiger partial charge in [-0.1, -0.05) is 18.2 Å². The SMILES string of the molecule is CNC(c1ccc2cccnc2c1)c1cnn(C)c1. The molecule has 0 fully saturated rings. The third kappa shape index (κ3) is 2.22. The van der Waals surface area contributed by atoms with Gasteiger partial charge in [-0.3, -0.25) is 9.67 Å². The second-order valence-electron chi connectivity index (χ2n) is 4.62. The van der Waals surface area contributed by atoms with Gasteiger partial charge >= 0.3 is 0 Å². The van der Waals surface area contributed by atoms with Gasteiger partial charge in [-0.2, -0.15) is 5.10 Å². The van der Waals surface area contributed by atoms with E-state index in [4.69, 9.17) is 0 Å². The first-order valence-electron chi connectivity index (χ1n) is 6.28. The van der Waals surface area contributed by atoms with Crippen LogP contribution in [0.2, 0.25) is 0 Å². The summed E-state index contributed by atoms with van der Waals surface area (Å²) < 4.78 is 1.82. The molecule has 2 heterocycles. The lowest BCUT2D eigenvalue weighted by molar-refractivity contribution is 0.690. The fourth-order valence-corrected chi connectivity index (χ4v) is 2.38. The number of rotatable bonds is 3. The number of nitrogens with one attached hydrogen (secondary N) is 1. The van der Waals surface area contributed by atoms with Crippen molar-refractivity contribution in [3.8, 4) is 0 Å². The first-order chi connectivity index (χ1) is 9.28. The molecule has 3 aromatic rings. The van der Waals surface area contributed by atoms with Crippen LogP contribution < -0.4 is 5.32 Å². The molecule has 96 valence electrons. The fraction of sp³-hybridized carbons (Fsp3) is 0.200. The summed E-state index contributed by atoms with van der Waals surface area (Å²) in [5.41, 5.74) is 3.37. The van der Waals surface area contributed by atoms with Gasteiger partial charge in [-0.25, -0.2) is 0 Å². The molecular weight excluding hydrogens is 236 g/mol. The third-order valence-corrected chi connectivity index (χ3v) is 3.31. The van der Waals surface area contributed by atoms with Crippen LogP contribution in [0.3, 0.4) is 0 Å². The van der Waals surface area contributed by atoms with E-state index < -0.39 is 0 Å². The third-order valence-electron chi connectivity index (χ3n) is 3.31. The maximum absolute atomic E-state index is 4.41. The van der Waals surface area contributed by atoms with E-state index >= 15 is 0 Å². The highest BCUT2D eigenvalue weighted by atomic mass is 15.2. The molecular formula is C15H16N4. The van der Waals surface area contributed by atoms with Crippen molar-refractivity contribution < 1.29 is 0 Å². The van der Waals surface area contributed by atoms with E-state index in [9.17, 15) is 0 Å². The van der Waals surface area contributed by atoms with E-state index in [1.165, 1.54) is 5.56 Å². The summed E-state index contributed by atoms with van der Waals surface area (Å²) in [6, 6.07) is 10.5. The van der Waals surface area contributed by atoms with Crippen LogP contribution in [0.1, 0.15) is 17.2 Å². The summed E-state index contributed by atoms with van der Waals surface area (Å²) in [5.74, 6) is 0. The zero-order valence-electron chi connectivity index (χ0n) is 11.0. The van der Waals surface area contributed by atoms with Gasteiger partial charge in [0.1, 0.15) is 0 Å². The van der Waals surface area contributed by atoms with Crippen LogP contribution >= 0.6 is 0 Å². The van der Waals surface area contributed by atoms with E-state index in [0.29, 0.717) is 0 Å². The Morgan fingerprint density at radius 1 is 1.21 bits per heavy atom. The summed E-state index contributed by atoms with van der Waals surface area (Å²) in [7, 11) is 3.89. The minimum absolute atomic E-state index is 0.139. The van der Waals surface area contributed by atoms with E-state index in [2.05, 4.69) is 39.7 Å². The maximum Gasteiger partial charge on any atom is 0.0705 e. The Kier molecular flexibility index (Phi) is 3.01. The second kappa shape index (κ2) is 4.82. The van der Waals surface area contributed by atoms with E-state index in [1.54, 1.807) is 0 Å². The summed E-state index contributed by atoms with van der Waals surface area (Å²) >= 11 is 0.